The van der Waals surface area contributed by atoms with Gasteiger partial charge in [-0.05, 0) is 42.2 Å². The smallest absolute Gasteiger partial charge is 0.122 e. The molecule has 0 spiro atoms. The van der Waals surface area contributed by atoms with Crippen molar-refractivity contribution >= 4 is 0 Å². The van der Waals surface area contributed by atoms with Gasteiger partial charge >= 0.3 is 0 Å². The first-order valence-electron chi connectivity index (χ1n) is 6.97. The van der Waals surface area contributed by atoms with E-state index in [2.05, 4.69) is 23.6 Å². The summed E-state index contributed by atoms with van der Waals surface area (Å²) in [7, 11) is 3.36. The number of nitrogens with two attached hydrogens (primary N) is 1. The molecule has 0 saturated heterocycles. The predicted octanol–water partition coefficient (Wildman–Crippen LogP) is 2.32. The van der Waals surface area contributed by atoms with Crippen LogP contribution < -0.4 is 20.7 Å². The molecule has 0 aliphatic heterocycles. The molecule has 0 fully saturated rings. The van der Waals surface area contributed by atoms with Crippen molar-refractivity contribution in [3.63, 3.8) is 0 Å². The molecule has 0 bridgehead atoms. The van der Waals surface area contributed by atoms with E-state index in [0.717, 1.165) is 29.9 Å². The van der Waals surface area contributed by atoms with Crippen molar-refractivity contribution in [2.45, 2.75) is 18.9 Å². The number of nitrogens with one attached hydrogen (secondary N) is 1. The van der Waals surface area contributed by atoms with Gasteiger partial charge in [-0.3, -0.25) is 11.3 Å². The largest absolute Gasteiger partial charge is 0.497 e. The van der Waals surface area contributed by atoms with Gasteiger partial charge in [0.05, 0.1) is 14.2 Å². The fourth-order valence-corrected chi connectivity index (χ4v) is 2.37. The number of benzene rings is 2. The van der Waals surface area contributed by atoms with E-state index in [0.29, 0.717) is 0 Å². The number of hydrogen-bond acceptors (Lipinski definition) is 4. The van der Waals surface area contributed by atoms with Crippen molar-refractivity contribution in [2.24, 2.45) is 5.84 Å². The molecule has 21 heavy (non-hydrogen) atoms. The third-order valence-electron chi connectivity index (χ3n) is 3.54. The van der Waals surface area contributed by atoms with Gasteiger partial charge in [0.2, 0.25) is 0 Å². The van der Waals surface area contributed by atoms with Crippen molar-refractivity contribution in [3.8, 4) is 11.5 Å². The fraction of sp³-hybridized carbons (Fsp3) is 0.294. The third-order valence-corrected chi connectivity index (χ3v) is 3.54. The summed E-state index contributed by atoms with van der Waals surface area (Å²) in [5, 5.41) is 0. The quantitative estimate of drug-likeness (QED) is 0.606. The zero-order chi connectivity index (χ0) is 15.1. The van der Waals surface area contributed by atoms with Crippen LogP contribution in [0.1, 0.15) is 11.1 Å². The second-order valence-electron chi connectivity index (χ2n) is 4.93. The lowest BCUT2D eigenvalue weighted by atomic mass is 9.99. The Kier molecular flexibility index (Phi) is 5.60. The van der Waals surface area contributed by atoms with E-state index < -0.39 is 0 Å². The highest BCUT2D eigenvalue weighted by Gasteiger charge is 2.12. The zero-order valence-electron chi connectivity index (χ0n) is 12.5. The van der Waals surface area contributed by atoms with Crippen LogP contribution in [0.15, 0.2) is 48.5 Å². The summed E-state index contributed by atoms with van der Waals surface area (Å²) in [5.74, 6) is 7.46. The van der Waals surface area contributed by atoms with E-state index in [1.807, 2.05) is 30.3 Å². The van der Waals surface area contributed by atoms with Crippen LogP contribution in [0.4, 0.5) is 0 Å². The van der Waals surface area contributed by atoms with Crippen LogP contribution in [0, 0.1) is 0 Å². The van der Waals surface area contributed by atoms with Crippen LogP contribution in [0.25, 0.3) is 0 Å². The Balaban J connectivity index is 2.05. The van der Waals surface area contributed by atoms with Crippen molar-refractivity contribution < 1.29 is 9.47 Å². The molecule has 1 unspecified atom stereocenters. The summed E-state index contributed by atoms with van der Waals surface area (Å²) in [6.07, 6.45) is 1.66. The molecule has 2 aromatic rings. The van der Waals surface area contributed by atoms with Crippen LogP contribution in [0.3, 0.4) is 0 Å². The molecular weight excluding hydrogens is 264 g/mol. The van der Waals surface area contributed by atoms with Gasteiger partial charge in [0, 0.05) is 6.04 Å². The predicted molar refractivity (Wildman–Crippen MR) is 84.5 cm³/mol. The lowest BCUT2D eigenvalue weighted by molar-refractivity contribution is 0.404. The Morgan fingerprint density at radius 3 is 2.29 bits per heavy atom. The first-order valence-corrected chi connectivity index (χ1v) is 6.97. The van der Waals surface area contributed by atoms with Crippen LogP contribution in [-0.4, -0.2) is 20.3 Å². The van der Waals surface area contributed by atoms with Crippen LogP contribution in [-0.2, 0) is 12.8 Å². The van der Waals surface area contributed by atoms with Gasteiger partial charge in [0.15, 0.2) is 0 Å². The molecule has 0 aromatic heterocycles. The summed E-state index contributed by atoms with van der Waals surface area (Å²) >= 11 is 0. The first-order chi connectivity index (χ1) is 10.3. The maximum atomic E-state index is 5.70. The molecule has 2 aromatic carbocycles. The lowest BCUT2D eigenvalue weighted by Crippen LogP contribution is -2.38. The lowest BCUT2D eigenvalue weighted by Gasteiger charge is -2.18. The van der Waals surface area contributed by atoms with Gasteiger partial charge in [-0.2, -0.15) is 0 Å². The summed E-state index contributed by atoms with van der Waals surface area (Å²) < 4.78 is 10.6. The van der Waals surface area contributed by atoms with E-state index in [9.17, 15) is 0 Å². The molecule has 1 atom stereocenters. The molecule has 0 radical (unpaired) electrons. The van der Waals surface area contributed by atoms with E-state index in [1.54, 1.807) is 14.2 Å². The van der Waals surface area contributed by atoms with Gasteiger partial charge in [0.1, 0.15) is 11.5 Å². The summed E-state index contributed by atoms with van der Waals surface area (Å²) in [5.41, 5.74) is 5.26. The number of methoxy groups -OCH3 is 2. The minimum atomic E-state index is 0.148. The Bertz CT molecular complexity index is 555. The number of ether oxygens (including phenoxy) is 2. The summed E-state index contributed by atoms with van der Waals surface area (Å²) in [6, 6.07) is 16.2. The highest BCUT2D eigenvalue weighted by molar-refractivity contribution is 5.34. The minimum Gasteiger partial charge on any atom is -0.497 e. The molecule has 0 saturated carbocycles. The van der Waals surface area contributed by atoms with Crippen LogP contribution in [0.2, 0.25) is 0 Å². The third kappa shape index (κ3) is 4.21. The van der Waals surface area contributed by atoms with Crippen LogP contribution >= 0.6 is 0 Å². The van der Waals surface area contributed by atoms with Gasteiger partial charge < -0.3 is 9.47 Å². The Labute approximate surface area is 125 Å². The van der Waals surface area contributed by atoms with E-state index in [-0.39, 0.29) is 6.04 Å². The molecule has 4 heteroatoms. The number of hydrogen-bond donors (Lipinski definition) is 2. The summed E-state index contributed by atoms with van der Waals surface area (Å²) in [6.45, 7) is 0. The molecule has 3 N–H and O–H groups in total. The number of rotatable bonds is 7. The molecular formula is C17H22N2O2. The van der Waals surface area contributed by atoms with E-state index in [1.165, 1.54) is 5.56 Å². The van der Waals surface area contributed by atoms with Crippen molar-refractivity contribution in [1.29, 1.82) is 0 Å². The monoisotopic (exact) mass is 286 g/mol. The fourth-order valence-electron chi connectivity index (χ4n) is 2.37. The maximum Gasteiger partial charge on any atom is 0.122 e. The average molecular weight is 286 g/mol. The maximum absolute atomic E-state index is 5.70. The molecule has 2 rings (SSSR count). The highest BCUT2D eigenvalue weighted by Crippen LogP contribution is 2.20. The van der Waals surface area contributed by atoms with Crippen molar-refractivity contribution in [2.75, 3.05) is 14.2 Å². The molecule has 0 aliphatic rings. The Hall–Kier alpha value is -2.04. The standard InChI is InChI=1S/C17H22N2O2/c1-20-16-9-7-13(8-10-16)11-15(19-18)12-14-5-3-4-6-17(14)21-2/h3-10,15,19H,11-12,18H2,1-2H3. The number of para-hydroxylation sites is 1. The minimum absolute atomic E-state index is 0.148. The zero-order valence-corrected chi connectivity index (χ0v) is 12.5. The van der Waals surface area contributed by atoms with Gasteiger partial charge in [0.25, 0.3) is 0 Å². The second-order valence-corrected chi connectivity index (χ2v) is 4.93. The normalized spacial score (nSPS) is 12.0. The first kappa shape index (κ1) is 15.4. The SMILES string of the molecule is COc1ccc(CC(Cc2ccccc2OC)NN)cc1. The van der Waals surface area contributed by atoms with Gasteiger partial charge in [-0.1, -0.05) is 30.3 Å². The van der Waals surface area contributed by atoms with E-state index in [4.69, 9.17) is 15.3 Å². The molecule has 0 amide bonds. The van der Waals surface area contributed by atoms with Gasteiger partial charge in [-0.25, -0.2) is 0 Å². The highest BCUT2D eigenvalue weighted by atomic mass is 16.5. The molecule has 4 nitrogen and oxygen atoms in total. The second kappa shape index (κ2) is 7.67. The Morgan fingerprint density at radius 2 is 1.67 bits per heavy atom. The molecule has 0 aliphatic carbocycles. The molecule has 0 heterocycles. The topological polar surface area (TPSA) is 56.5 Å². The van der Waals surface area contributed by atoms with Gasteiger partial charge in [-0.15, -0.1) is 0 Å². The summed E-state index contributed by atoms with van der Waals surface area (Å²) in [4.78, 5) is 0. The van der Waals surface area contributed by atoms with Crippen molar-refractivity contribution in [1.82, 2.24) is 5.43 Å². The van der Waals surface area contributed by atoms with Crippen molar-refractivity contribution in [3.05, 3.63) is 59.7 Å². The number of hydrazine groups is 1. The van der Waals surface area contributed by atoms with Crippen LogP contribution in [0.5, 0.6) is 11.5 Å². The molecule has 112 valence electrons. The Morgan fingerprint density at radius 1 is 0.952 bits per heavy atom. The average Bonchev–Trinajstić information content (AvgIpc) is 2.55. The van der Waals surface area contributed by atoms with E-state index >= 15 is 0 Å².